The molecule has 0 amide bonds. The van der Waals surface area contributed by atoms with Gasteiger partial charge >= 0.3 is 0 Å². The Labute approximate surface area is 283 Å². The Kier molecular flexibility index (Phi) is 5.57. The van der Waals surface area contributed by atoms with E-state index in [-0.39, 0.29) is 0 Å². The first kappa shape index (κ1) is 26.8. The third-order valence-corrected chi connectivity index (χ3v) is 10.9. The summed E-state index contributed by atoms with van der Waals surface area (Å²) in [6.45, 7) is 0. The Morgan fingerprint density at radius 3 is 1.67 bits per heavy atom. The molecule has 1 heterocycles. The number of hydrogen-bond acceptors (Lipinski definition) is 1. The van der Waals surface area contributed by atoms with Gasteiger partial charge in [-0.1, -0.05) is 140 Å². The summed E-state index contributed by atoms with van der Waals surface area (Å²) in [5.74, 6) is 0. The maximum atomic E-state index is 6.70. The predicted molar refractivity (Wildman–Crippen MR) is 209 cm³/mol. The molecule has 1 nitrogen and oxygen atoms in total. The summed E-state index contributed by atoms with van der Waals surface area (Å²) >= 11 is 0. The van der Waals surface area contributed by atoms with Gasteiger partial charge in [0.25, 0.3) is 0 Å². The van der Waals surface area contributed by atoms with E-state index in [1.54, 1.807) is 0 Å². The van der Waals surface area contributed by atoms with E-state index in [0.717, 1.165) is 34.8 Å². The van der Waals surface area contributed by atoms with E-state index in [9.17, 15) is 0 Å². The number of hydrogen-bond donors (Lipinski definition) is 0. The van der Waals surface area contributed by atoms with E-state index in [2.05, 4.69) is 158 Å². The highest BCUT2D eigenvalue weighted by Crippen LogP contribution is 2.48. The second-order valence-electron chi connectivity index (χ2n) is 13.4. The van der Waals surface area contributed by atoms with E-state index in [1.807, 2.05) is 0 Å². The highest BCUT2D eigenvalue weighted by Gasteiger charge is 2.22. The minimum absolute atomic E-state index is 0.916. The Bertz CT molecular complexity index is 2990. The molecular formula is C48H30O. The quantitative estimate of drug-likeness (QED) is 0.138. The standard InChI is InChI=1S/C48H30O/c1-2-14-31-29(13-1)27-42(35-18-4-3-15-32(31)35)46-39-22-10-8-20-37(39)45(38-21-9-11-23-40(38)46)30-25-26-44-43(28-30)47-36-19-7-5-16-33(36)34-17-6-12-24-41(34)48(47)49-44/h1,3-13,15-28H,2,14H2. The maximum absolute atomic E-state index is 6.70. The lowest BCUT2D eigenvalue weighted by molar-refractivity contribution is 0.673. The first-order valence-corrected chi connectivity index (χ1v) is 17.2. The normalized spacial score (nSPS) is 13.1. The van der Waals surface area contributed by atoms with Crippen LogP contribution in [0.1, 0.15) is 17.5 Å². The molecule has 9 aromatic carbocycles. The van der Waals surface area contributed by atoms with Crippen molar-refractivity contribution in [2.75, 3.05) is 0 Å². The van der Waals surface area contributed by atoms with Crippen molar-refractivity contribution < 1.29 is 4.42 Å². The van der Waals surface area contributed by atoms with Crippen LogP contribution in [0.5, 0.6) is 0 Å². The molecule has 0 saturated carbocycles. The summed E-state index contributed by atoms with van der Waals surface area (Å²) in [5.41, 5.74) is 9.75. The van der Waals surface area contributed by atoms with E-state index in [4.69, 9.17) is 4.42 Å². The van der Waals surface area contributed by atoms with Gasteiger partial charge in [-0.05, 0) is 113 Å². The van der Waals surface area contributed by atoms with Crippen LogP contribution in [0.4, 0.5) is 0 Å². The van der Waals surface area contributed by atoms with Gasteiger partial charge in [0.15, 0.2) is 0 Å². The molecule has 10 aromatic rings. The molecule has 1 aromatic heterocycles. The van der Waals surface area contributed by atoms with Gasteiger partial charge in [-0.2, -0.15) is 0 Å². The lowest BCUT2D eigenvalue weighted by Crippen LogP contribution is -1.98. The van der Waals surface area contributed by atoms with Gasteiger partial charge < -0.3 is 4.42 Å². The smallest absolute Gasteiger partial charge is 0.143 e. The highest BCUT2D eigenvalue weighted by molar-refractivity contribution is 6.31. The second kappa shape index (κ2) is 10.2. The Morgan fingerprint density at radius 2 is 0.980 bits per heavy atom. The van der Waals surface area contributed by atoms with Crippen molar-refractivity contribution >= 4 is 81.9 Å². The molecule has 0 saturated heterocycles. The van der Waals surface area contributed by atoms with Crippen LogP contribution in [0.15, 0.2) is 156 Å². The van der Waals surface area contributed by atoms with Crippen LogP contribution < -0.4 is 0 Å². The predicted octanol–water partition coefficient (Wildman–Crippen LogP) is 13.6. The number of aryl methyl sites for hydroxylation is 1. The molecule has 1 aliphatic carbocycles. The molecule has 1 heteroatoms. The van der Waals surface area contributed by atoms with Crippen molar-refractivity contribution in [2.24, 2.45) is 0 Å². The third kappa shape index (κ3) is 3.76. The summed E-state index contributed by atoms with van der Waals surface area (Å²) in [7, 11) is 0. The SMILES string of the molecule is C1=Cc2cc(-c3c4ccccc4c(-c4ccc5oc6c7ccccc7c7ccccc7c6c5c4)c4ccccc34)c3ccccc3c2CC1. The number of furan rings is 1. The van der Waals surface area contributed by atoms with Crippen LogP contribution in [0, 0.1) is 0 Å². The van der Waals surface area contributed by atoms with Gasteiger partial charge in [0, 0.05) is 16.2 Å². The fourth-order valence-corrected chi connectivity index (χ4v) is 8.82. The molecule has 0 unspecified atom stereocenters. The lowest BCUT2D eigenvalue weighted by Gasteiger charge is -2.21. The number of benzene rings is 9. The number of fused-ring (bicyclic) bond motifs is 13. The topological polar surface area (TPSA) is 13.1 Å². The lowest BCUT2D eigenvalue weighted by atomic mass is 9.82. The molecule has 0 spiro atoms. The van der Waals surface area contributed by atoms with Crippen molar-refractivity contribution in [3.63, 3.8) is 0 Å². The average molecular weight is 623 g/mol. The molecule has 0 aliphatic heterocycles. The van der Waals surface area contributed by atoms with Crippen LogP contribution in [-0.4, -0.2) is 0 Å². The van der Waals surface area contributed by atoms with Crippen LogP contribution >= 0.6 is 0 Å². The van der Waals surface area contributed by atoms with Crippen molar-refractivity contribution in [2.45, 2.75) is 12.8 Å². The van der Waals surface area contributed by atoms with Crippen molar-refractivity contribution in [3.8, 4) is 22.3 Å². The summed E-state index contributed by atoms with van der Waals surface area (Å²) in [6, 6.07) is 53.6. The van der Waals surface area contributed by atoms with Gasteiger partial charge in [-0.3, -0.25) is 0 Å². The van der Waals surface area contributed by atoms with Gasteiger partial charge in [-0.15, -0.1) is 0 Å². The first-order valence-electron chi connectivity index (χ1n) is 17.2. The molecule has 0 N–H and O–H groups in total. The van der Waals surface area contributed by atoms with Crippen LogP contribution in [0.2, 0.25) is 0 Å². The molecule has 11 rings (SSSR count). The molecule has 0 radical (unpaired) electrons. The fourth-order valence-electron chi connectivity index (χ4n) is 8.82. The van der Waals surface area contributed by atoms with E-state index in [0.29, 0.717) is 0 Å². The number of rotatable bonds is 2. The van der Waals surface area contributed by atoms with Gasteiger partial charge in [0.2, 0.25) is 0 Å². The molecular weight excluding hydrogens is 593 g/mol. The Morgan fingerprint density at radius 1 is 0.429 bits per heavy atom. The summed E-state index contributed by atoms with van der Waals surface area (Å²) in [6.07, 6.45) is 6.83. The Hall–Kier alpha value is -6.18. The van der Waals surface area contributed by atoms with E-state index < -0.39 is 0 Å². The third-order valence-electron chi connectivity index (χ3n) is 10.9. The summed E-state index contributed by atoms with van der Waals surface area (Å²) < 4.78 is 6.70. The van der Waals surface area contributed by atoms with Crippen LogP contribution in [-0.2, 0) is 6.42 Å². The average Bonchev–Trinajstić information content (AvgIpc) is 3.56. The van der Waals surface area contributed by atoms with Crippen LogP contribution in [0.25, 0.3) is 104 Å². The van der Waals surface area contributed by atoms with Crippen molar-refractivity contribution in [1.82, 2.24) is 0 Å². The maximum Gasteiger partial charge on any atom is 0.143 e. The van der Waals surface area contributed by atoms with Crippen molar-refractivity contribution in [1.29, 1.82) is 0 Å². The fraction of sp³-hybridized carbons (Fsp3) is 0.0417. The zero-order chi connectivity index (χ0) is 32.1. The highest BCUT2D eigenvalue weighted by atomic mass is 16.3. The van der Waals surface area contributed by atoms with E-state index >= 15 is 0 Å². The zero-order valence-corrected chi connectivity index (χ0v) is 26.8. The largest absolute Gasteiger partial charge is 0.455 e. The second-order valence-corrected chi connectivity index (χ2v) is 13.4. The first-order chi connectivity index (χ1) is 24.3. The van der Waals surface area contributed by atoms with E-state index in [1.165, 1.54) is 87.2 Å². The van der Waals surface area contributed by atoms with Crippen molar-refractivity contribution in [3.05, 3.63) is 163 Å². The molecule has 228 valence electrons. The summed E-state index contributed by atoms with van der Waals surface area (Å²) in [4.78, 5) is 0. The summed E-state index contributed by atoms with van der Waals surface area (Å²) in [5, 5.41) is 15.0. The molecule has 0 atom stereocenters. The van der Waals surface area contributed by atoms with Crippen LogP contribution in [0.3, 0.4) is 0 Å². The molecule has 0 bridgehead atoms. The number of allylic oxidation sites excluding steroid dienone is 1. The molecule has 0 fully saturated rings. The minimum atomic E-state index is 0.916. The van der Waals surface area contributed by atoms with Gasteiger partial charge in [0.1, 0.15) is 11.2 Å². The Balaban J connectivity index is 1.26. The monoisotopic (exact) mass is 622 g/mol. The zero-order valence-electron chi connectivity index (χ0n) is 26.8. The molecule has 1 aliphatic rings. The van der Waals surface area contributed by atoms with Gasteiger partial charge in [-0.25, -0.2) is 0 Å². The minimum Gasteiger partial charge on any atom is -0.455 e. The van der Waals surface area contributed by atoms with Gasteiger partial charge in [0.05, 0.1) is 0 Å². The molecule has 49 heavy (non-hydrogen) atoms.